The van der Waals surface area contributed by atoms with Crippen molar-refractivity contribution in [1.29, 1.82) is 0 Å². The normalized spacial score (nSPS) is 31.5. The number of unbranched alkanes of at least 4 members (excludes halogenated alkanes) is 1. The number of hydrogen-bond acceptors (Lipinski definition) is 3. The van der Waals surface area contributed by atoms with Crippen LogP contribution in [0.3, 0.4) is 0 Å². The van der Waals surface area contributed by atoms with Gasteiger partial charge in [0.15, 0.2) is 0 Å². The SMILES string of the molecule is C#CC(=O)N1[C@@H](CCCC)Cc2cc(OC)ccc2[C@H]1c1ccc(NC23CC4CC(CC(C4)C2)C3)cc1. The number of hydrogen-bond donors (Lipinski definition) is 1. The van der Waals surface area contributed by atoms with E-state index in [2.05, 4.69) is 54.6 Å². The van der Waals surface area contributed by atoms with Crippen molar-refractivity contribution in [1.82, 2.24) is 4.90 Å². The third kappa shape index (κ3) is 4.52. The Morgan fingerprint density at radius 1 is 1.08 bits per heavy atom. The van der Waals surface area contributed by atoms with Crippen LogP contribution in [0.5, 0.6) is 5.75 Å². The molecule has 4 fully saturated rings. The third-order valence-corrected chi connectivity index (χ3v) is 9.69. The van der Waals surface area contributed by atoms with Gasteiger partial charge in [-0.05, 0) is 116 Å². The maximum Gasteiger partial charge on any atom is 0.299 e. The van der Waals surface area contributed by atoms with Gasteiger partial charge in [0.2, 0.25) is 0 Å². The minimum Gasteiger partial charge on any atom is -0.497 e. The molecule has 0 saturated heterocycles. The van der Waals surface area contributed by atoms with Gasteiger partial charge >= 0.3 is 0 Å². The second kappa shape index (κ2) is 9.75. The zero-order chi connectivity index (χ0) is 25.6. The number of anilines is 1. The molecule has 2 aromatic carbocycles. The Hall–Kier alpha value is -2.93. The van der Waals surface area contributed by atoms with Crippen LogP contribution in [0.2, 0.25) is 0 Å². The van der Waals surface area contributed by atoms with E-state index in [4.69, 9.17) is 11.2 Å². The average Bonchev–Trinajstić information content (AvgIpc) is 2.89. The van der Waals surface area contributed by atoms with Crippen LogP contribution >= 0.6 is 0 Å². The number of benzene rings is 2. The number of nitrogens with one attached hydrogen (secondary N) is 1. The highest BCUT2D eigenvalue weighted by Gasteiger charge is 2.51. The summed E-state index contributed by atoms with van der Waals surface area (Å²) < 4.78 is 5.54. The van der Waals surface area contributed by atoms with Crippen molar-refractivity contribution < 1.29 is 9.53 Å². The predicted molar refractivity (Wildman–Crippen MR) is 149 cm³/mol. The van der Waals surface area contributed by atoms with Gasteiger partial charge < -0.3 is 15.0 Å². The lowest BCUT2D eigenvalue weighted by atomic mass is 9.53. The molecule has 194 valence electrons. The summed E-state index contributed by atoms with van der Waals surface area (Å²) in [5, 5.41) is 4.00. The van der Waals surface area contributed by atoms with Crippen molar-refractivity contribution in [2.24, 2.45) is 17.8 Å². The molecule has 4 saturated carbocycles. The van der Waals surface area contributed by atoms with Crippen molar-refractivity contribution in [2.45, 2.75) is 88.8 Å². The summed E-state index contributed by atoms with van der Waals surface area (Å²) in [5.74, 6) is 5.82. The Balaban J connectivity index is 1.32. The van der Waals surface area contributed by atoms with E-state index in [-0.39, 0.29) is 23.5 Å². The van der Waals surface area contributed by atoms with Crippen LogP contribution in [-0.2, 0) is 11.2 Å². The van der Waals surface area contributed by atoms with Crippen molar-refractivity contribution in [3.05, 3.63) is 59.2 Å². The van der Waals surface area contributed by atoms with E-state index in [0.29, 0.717) is 0 Å². The van der Waals surface area contributed by atoms with Gasteiger partial charge in [0.05, 0.1) is 13.2 Å². The number of carbonyl (C=O) groups is 1. The molecule has 1 N–H and O–H groups in total. The van der Waals surface area contributed by atoms with Crippen LogP contribution in [0.15, 0.2) is 42.5 Å². The molecule has 1 amide bonds. The van der Waals surface area contributed by atoms with Crippen LogP contribution in [0, 0.1) is 30.1 Å². The monoisotopic (exact) mass is 496 g/mol. The van der Waals surface area contributed by atoms with Crippen molar-refractivity contribution >= 4 is 11.6 Å². The number of rotatable bonds is 7. The van der Waals surface area contributed by atoms with Gasteiger partial charge in [-0.3, -0.25) is 4.79 Å². The summed E-state index contributed by atoms with van der Waals surface area (Å²) in [7, 11) is 1.71. The highest BCUT2D eigenvalue weighted by molar-refractivity contribution is 5.94. The van der Waals surface area contributed by atoms with Crippen LogP contribution in [-0.4, -0.2) is 29.5 Å². The number of terminal acetylenes is 1. The molecule has 5 aliphatic rings. The lowest BCUT2D eigenvalue weighted by molar-refractivity contribution is -0.130. The maximum absolute atomic E-state index is 13.2. The lowest BCUT2D eigenvalue weighted by Crippen LogP contribution is -2.54. The van der Waals surface area contributed by atoms with Crippen LogP contribution in [0.4, 0.5) is 5.69 Å². The summed E-state index contributed by atoms with van der Waals surface area (Å²) in [6.45, 7) is 2.19. The zero-order valence-corrected chi connectivity index (χ0v) is 22.3. The molecular formula is C33H40N2O2. The van der Waals surface area contributed by atoms with Gasteiger partial charge in [0, 0.05) is 17.3 Å². The molecule has 7 rings (SSSR count). The van der Waals surface area contributed by atoms with Gasteiger partial charge in [0.1, 0.15) is 5.75 Å². The largest absolute Gasteiger partial charge is 0.497 e. The molecule has 4 aliphatic carbocycles. The zero-order valence-electron chi connectivity index (χ0n) is 22.3. The number of amides is 1. The number of methoxy groups -OCH3 is 1. The number of ether oxygens (including phenoxy) is 1. The first-order valence-electron chi connectivity index (χ1n) is 14.3. The molecule has 37 heavy (non-hydrogen) atoms. The Kier molecular flexibility index (Phi) is 6.43. The average molecular weight is 497 g/mol. The first-order chi connectivity index (χ1) is 18.0. The fraction of sp³-hybridized carbons (Fsp3) is 0.545. The van der Waals surface area contributed by atoms with Gasteiger partial charge in [-0.2, -0.15) is 0 Å². The predicted octanol–water partition coefficient (Wildman–Crippen LogP) is 6.74. The molecule has 0 aromatic heterocycles. The molecule has 0 radical (unpaired) electrons. The smallest absolute Gasteiger partial charge is 0.299 e. The summed E-state index contributed by atoms with van der Waals surface area (Å²) >= 11 is 0. The van der Waals surface area contributed by atoms with Crippen LogP contribution in [0.1, 0.15) is 87.4 Å². The first kappa shape index (κ1) is 24.4. The van der Waals surface area contributed by atoms with Crippen molar-refractivity contribution in [2.75, 3.05) is 12.4 Å². The molecule has 0 spiro atoms. The van der Waals surface area contributed by atoms with E-state index < -0.39 is 0 Å². The minimum atomic E-state index is -0.219. The van der Waals surface area contributed by atoms with Crippen LogP contribution < -0.4 is 10.1 Å². The summed E-state index contributed by atoms with van der Waals surface area (Å²) in [6, 6.07) is 15.0. The van der Waals surface area contributed by atoms with E-state index in [1.165, 1.54) is 49.8 Å². The molecule has 4 bridgehead atoms. The standard InChI is InChI=1S/C33H40N2O2/c1-4-6-7-28-17-26-18-29(37-3)12-13-30(26)32(35(28)31(36)5-2)25-8-10-27(11-9-25)34-33-19-22-14-23(20-33)16-24(15-22)21-33/h2,8-13,18,22-24,28,32,34H,4,6-7,14-17,19-21H2,1,3H3/t22?,23?,24?,28-,32+,33?/m0/s1. The highest BCUT2D eigenvalue weighted by Crippen LogP contribution is 2.56. The lowest BCUT2D eigenvalue weighted by Gasteiger charge is -2.57. The Morgan fingerprint density at radius 2 is 1.76 bits per heavy atom. The van der Waals surface area contributed by atoms with E-state index in [0.717, 1.165) is 60.3 Å². The number of fused-ring (bicyclic) bond motifs is 1. The number of carbonyl (C=O) groups excluding carboxylic acids is 1. The topological polar surface area (TPSA) is 41.6 Å². The van der Waals surface area contributed by atoms with E-state index in [1.54, 1.807) is 7.11 Å². The van der Waals surface area contributed by atoms with Crippen molar-refractivity contribution in [3.63, 3.8) is 0 Å². The fourth-order valence-electron chi connectivity index (χ4n) is 8.56. The van der Waals surface area contributed by atoms with Crippen molar-refractivity contribution in [3.8, 4) is 18.1 Å². The van der Waals surface area contributed by atoms with E-state index >= 15 is 0 Å². The third-order valence-electron chi connectivity index (χ3n) is 9.69. The summed E-state index contributed by atoms with van der Waals surface area (Å²) in [6.07, 6.45) is 17.9. The molecule has 1 heterocycles. The maximum atomic E-state index is 13.2. The molecule has 4 heteroatoms. The highest BCUT2D eigenvalue weighted by atomic mass is 16.5. The van der Waals surface area contributed by atoms with Gasteiger partial charge in [-0.15, -0.1) is 6.42 Å². The van der Waals surface area contributed by atoms with Crippen LogP contribution in [0.25, 0.3) is 0 Å². The second-order valence-electron chi connectivity index (χ2n) is 12.3. The summed E-state index contributed by atoms with van der Waals surface area (Å²) in [5.41, 5.74) is 5.00. The molecular weight excluding hydrogens is 456 g/mol. The van der Waals surface area contributed by atoms with Gasteiger partial charge in [0.25, 0.3) is 5.91 Å². The van der Waals surface area contributed by atoms with E-state index in [1.807, 2.05) is 11.0 Å². The minimum absolute atomic E-state index is 0.0814. The summed E-state index contributed by atoms with van der Waals surface area (Å²) in [4.78, 5) is 15.2. The molecule has 4 nitrogen and oxygen atoms in total. The Morgan fingerprint density at radius 3 is 2.35 bits per heavy atom. The Labute approximate surface area is 222 Å². The first-order valence-corrected chi connectivity index (χ1v) is 14.3. The van der Waals surface area contributed by atoms with Gasteiger partial charge in [-0.1, -0.05) is 38.0 Å². The quantitative estimate of drug-likeness (QED) is 0.432. The second-order valence-corrected chi connectivity index (χ2v) is 12.3. The molecule has 2 aromatic rings. The Bertz CT molecular complexity index is 1160. The van der Waals surface area contributed by atoms with E-state index in [9.17, 15) is 4.79 Å². The molecule has 0 unspecified atom stereocenters. The number of nitrogens with zero attached hydrogens (tertiary/aromatic N) is 1. The molecule has 2 atom stereocenters. The van der Waals surface area contributed by atoms with Gasteiger partial charge in [-0.25, -0.2) is 0 Å². The fourth-order valence-corrected chi connectivity index (χ4v) is 8.56. The molecule has 1 aliphatic heterocycles.